The lowest BCUT2D eigenvalue weighted by atomic mass is 10.0. The van der Waals surface area contributed by atoms with Crippen LogP contribution in [0.25, 0.3) is 5.65 Å². The molecule has 0 aliphatic rings. The van der Waals surface area contributed by atoms with Crippen molar-refractivity contribution in [3.8, 4) is 0 Å². The highest BCUT2D eigenvalue weighted by atomic mass is 16.2. The molecule has 2 aromatic heterocycles. The minimum absolute atomic E-state index is 0.0543. The Hall–Kier alpha value is -2.18. The number of amides is 1. The van der Waals surface area contributed by atoms with E-state index in [1.807, 2.05) is 32.9 Å². The van der Waals surface area contributed by atoms with Crippen LogP contribution in [-0.2, 0) is 11.2 Å². The molecule has 108 valence electrons. The molecule has 7 nitrogen and oxygen atoms in total. The Kier molecular flexibility index (Phi) is 4.16. The Morgan fingerprint density at radius 1 is 1.35 bits per heavy atom. The average molecular weight is 276 g/mol. The van der Waals surface area contributed by atoms with E-state index in [4.69, 9.17) is 0 Å². The van der Waals surface area contributed by atoms with Crippen molar-refractivity contribution >= 4 is 17.4 Å². The monoisotopic (exact) mass is 276 g/mol. The van der Waals surface area contributed by atoms with Crippen molar-refractivity contribution in [2.75, 3.05) is 12.4 Å². The van der Waals surface area contributed by atoms with Gasteiger partial charge in [0, 0.05) is 13.5 Å². The molecular formula is C13H20N6O. The van der Waals surface area contributed by atoms with E-state index in [1.54, 1.807) is 11.6 Å². The molecule has 7 heteroatoms. The third kappa shape index (κ3) is 2.71. The number of carbonyl (C=O) groups is 1. The summed E-state index contributed by atoms with van der Waals surface area (Å²) in [4.78, 5) is 11.9. The zero-order valence-electron chi connectivity index (χ0n) is 12.2. The molecule has 0 saturated heterocycles. The Morgan fingerprint density at radius 2 is 2.10 bits per heavy atom. The summed E-state index contributed by atoms with van der Waals surface area (Å²) in [6.07, 6.45) is 0.751. The van der Waals surface area contributed by atoms with Crippen molar-refractivity contribution in [3.63, 3.8) is 0 Å². The summed E-state index contributed by atoms with van der Waals surface area (Å²) in [6, 6.07) is 3.32. The van der Waals surface area contributed by atoms with Crippen molar-refractivity contribution in [2.45, 2.75) is 33.2 Å². The third-order valence-corrected chi connectivity index (χ3v) is 3.14. The van der Waals surface area contributed by atoms with Gasteiger partial charge >= 0.3 is 0 Å². The second-order valence-corrected chi connectivity index (χ2v) is 4.94. The highest BCUT2D eigenvalue weighted by molar-refractivity contribution is 5.84. The number of carbonyl (C=O) groups excluding carboxylic acids is 1. The van der Waals surface area contributed by atoms with Gasteiger partial charge in [-0.15, -0.1) is 15.3 Å². The van der Waals surface area contributed by atoms with Gasteiger partial charge in [-0.25, -0.2) is 0 Å². The van der Waals surface area contributed by atoms with Gasteiger partial charge < -0.3 is 10.6 Å². The van der Waals surface area contributed by atoms with E-state index in [0.717, 1.165) is 12.2 Å². The summed E-state index contributed by atoms with van der Waals surface area (Å²) in [5.41, 5.74) is 0.702. The summed E-state index contributed by atoms with van der Waals surface area (Å²) in [7, 11) is 1.63. The van der Waals surface area contributed by atoms with Gasteiger partial charge in [0.2, 0.25) is 5.91 Å². The number of hydrogen-bond acceptors (Lipinski definition) is 5. The Bertz CT molecular complexity index is 606. The van der Waals surface area contributed by atoms with Crippen molar-refractivity contribution in [3.05, 3.63) is 18.0 Å². The van der Waals surface area contributed by atoms with Gasteiger partial charge in [0.15, 0.2) is 11.5 Å². The van der Waals surface area contributed by atoms with E-state index in [2.05, 4.69) is 25.9 Å². The molecule has 0 bridgehead atoms. The van der Waals surface area contributed by atoms with E-state index in [1.165, 1.54) is 0 Å². The maximum atomic E-state index is 11.9. The quantitative estimate of drug-likeness (QED) is 0.846. The molecule has 1 atom stereocenters. The minimum atomic E-state index is -0.327. The first-order valence-electron chi connectivity index (χ1n) is 6.76. The molecule has 1 amide bonds. The minimum Gasteiger partial charge on any atom is -0.357 e. The zero-order chi connectivity index (χ0) is 14.7. The van der Waals surface area contributed by atoms with Crippen molar-refractivity contribution in [1.29, 1.82) is 0 Å². The van der Waals surface area contributed by atoms with Crippen LogP contribution in [0.3, 0.4) is 0 Å². The first-order valence-corrected chi connectivity index (χ1v) is 6.76. The molecule has 0 aromatic carbocycles. The lowest BCUT2D eigenvalue weighted by Gasteiger charge is -2.21. The summed E-state index contributed by atoms with van der Waals surface area (Å²) >= 11 is 0. The number of aromatic nitrogens is 4. The Balaban J connectivity index is 2.30. The SMILES string of the molecule is CCc1nnc2ccc(NC(C(=O)NC)C(C)C)nn12. The topological polar surface area (TPSA) is 84.2 Å². The highest BCUT2D eigenvalue weighted by Crippen LogP contribution is 2.12. The highest BCUT2D eigenvalue weighted by Gasteiger charge is 2.21. The lowest BCUT2D eigenvalue weighted by molar-refractivity contribution is -0.122. The standard InChI is InChI=1S/C13H20N6O/c1-5-10-16-17-11-7-6-9(18-19(10)11)15-12(8(2)3)13(20)14-4/h6-8,12H,5H2,1-4H3,(H,14,20)(H,15,18). The lowest BCUT2D eigenvalue weighted by Crippen LogP contribution is -2.41. The largest absolute Gasteiger partial charge is 0.357 e. The maximum Gasteiger partial charge on any atom is 0.242 e. The first-order chi connectivity index (χ1) is 9.56. The normalized spacial score (nSPS) is 12.7. The van der Waals surface area contributed by atoms with Gasteiger partial charge in [0.1, 0.15) is 11.9 Å². The van der Waals surface area contributed by atoms with Crippen LogP contribution in [0.15, 0.2) is 12.1 Å². The summed E-state index contributed by atoms with van der Waals surface area (Å²) in [6.45, 7) is 5.98. The van der Waals surface area contributed by atoms with Gasteiger partial charge in [-0.1, -0.05) is 20.8 Å². The molecule has 0 radical (unpaired) electrons. The van der Waals surface area contributed by atoms with Crippen LogP contribution in [0.4, 0.5) is 5.82 Å². The predicted octanol–water partition coefficient (Wildman–Crippen LogP) is 0.869. The van der Waals surface area contributed by atoms with Crippen LogP contribution in [0.5, 0.6) is 0 Å². The van der Waals surface area contributed by atoms with Gasteiger partial charge in [-0.2, -0.15) is 4.52 Å². The smallest absolute Gasteiger partial charge is 0.242 e. The van der Waals surface area contributed by atoms with Gasteiger partial charge in [0.05, 0.1) is 0 Å². The molecule has 2 rings (SSSR count). The molecule has 0 saturated carbocycles. The average Bonchev–Trinajstić information content (AvgIpc) is 2.85. The molecule has 0 aliphatic carbocycles. The van der Waals surface area contributed by atoms with Crippen molar-refractivity contribution in [1.82, 2.24) is 25.1 Å². The second-order valence-electron chi connectivity index (χ2n) is 4.94. The molecule has 2 aromatic rings. The summed E-state index contributed by atoms with van der Waals surface area (Å²) < 4.78 is 1.70. The van der Waals surface area contributed by atoms with Crippen LogP contribution >= 0.6 is 0 Å². The molecule has 20 heavy (non-hydrogen) atoms. The molecule has 0 aliphatic heterocycles. The molecule has 2 N–H and O–H groups in total. The number of rotatable bonds is 5. The molecule has 0 fully saturated rings. The van der Waals surface area contributed by atoms with E-state index < -0.39 is 0 Å². The third-order valence-electron chi connectivity index (χ3n) is 3.14. The number of nitrogens with one attached hydrogen (secondary N) is 2. The van der Waals surface area contributed by atoms with Crippen LogP contribution in [-0.4, -0.2) is 38.8 Å². The number of fused-ring (bicyclic) bond motifs is 1. The number of hydrogen-bond donors (Lipinski definition) is 2. The van der Waals surface area contributed by atoms with E-state index in [0.29, 0.717) is 11.5 Å². The predicted molar refractivity (Wildman–Crippen MR) is 76.5 cm³/mol. The summed E-state index contributed by atoms with van der Waals surface area (Å²) in [5.74, 6) is 1.53. The number of anilines is 1. The number of aryl methyl sites for hydroxylation is 1. The molecule has 0 spiro atoms. The number of nitrogens with zero attached hydrogens (tertiary/aromatic N) is 4. The van der Waals surface area contributed by atoms with Crippen molar-refractivity contribution < 1.29 is 4.79 Å². The fourth-order valence-electron chi connectivity index (χ4n) is 1.98. The van der Waals surface area contributed by atoms with Crippen LogP contribution in [0, 0.1) is 5.92 Å². The van der Waals surface area contributed by atoms with Crippen LogP contribution < -0.4 is 10.6 Å². The zero-order valence-corrected chi connectivity index (χ0v) is 12.2. The summed E-state index contributed by atoms with van der Waals surface area (Å²) in [5, 5.41) is 18.4. The fourth-order valence-corrected chi connectivity index (χ4v) is 1.98. The second kappa shape index (κ2) is 5.85. The molecule has 2 heterocycles. The Morgan fingerprint density at radius 3 is 2.70 bits per heavy atom. The maximum absolute atomic E-state index is 11.9. The van der Waals surface area contributed by atoms with Crippen molar-refractivity contribution in [2.24, 2.45) is 5.92 Å². The van der Waals surface area contributed by atoms with E-state index in [9.17, 15) is 4.79 Å². The van der Waals surface area contributed by atoms with Crippen LogP contribution in [0.2, 0.25) is 0 Å². The Labute approximate surface area is 117 Å². The van der Waals surface area contributed by atoms with E-state index >= 15 is 0 Å². The molecule has 1 unspecified atom stereocenters. The van der Waals surface area contributed by atoms with E-state index in [-0.39, 0.29) is 17.9 Å². The molecular weight excluding hydrogens is 256 g/mol. The fraction of sp³-hybridized carbons (Fsp3) is 0.538. The van der Waals surface area contributed by atoms with Crippen LogP contribution in [0.1, 0.15) is 26.6 Å². The van der Waals surface area contributed by atoms with Gasteiger partial charge in [-0.05, 0) is 18.1 Å². The van der Waals surface area contributed by atoms with Gasteiger partial charge in [0.25, 0.3) is 0 Å². The first kappa shape index (κ1) is 14.2. The number of likely N-dealkylation sites (N-methyl/N-ethyl adjacent to an activating group) is 1. The van der Waals surface area contributed by atoms with Gasteiger partial charge in [-0.3, -0.25) is 4.79 Å².